The minimum Gasteiger partial charge on any atom is -0.501 e. The Morgan fingerprint density at radius 1 is 1.69 bits per heavy atom. The molecule has 1 N–H and O–H groups in total. The SMILES string of the molecule is CCOC=Cc1c(C)ncc(F)c1C(=O)O. The lowest BCUT2D eigenvalue weighted by molar-refractivity contribution is 0.0691. The number of nitrogens with zero attached hydrogens (tertiary/aromatic N) is 1. The second kappa shape index (κ2) is 5.25. The van der Waals surface area contributed by atoms with Gasteiger partial charge in [-0.1, -0.05) is 0 Å². The molecule has 0 amide bonds. The zero-order chi connectivity index (χ0) is 12.1. The van der Waals surface area contributed by atoms with E-state index in [1.807, 2.05) is 0 Å². The number of hydrogen-bond acceptors (Lipinski definition) is 3. The van der Waals surface area contributed by atoms with Crippen LogP contribution in [0.4, 0.5) is 4.39 Å². The summed E-state index contributed by atoms with van der Waals surface area (Å²) in [5.41, 5.74) is 0.277. The zero-order valence-electron chi connectivity index (χ0n) is 9.03. The first-order valence-electron chi connectivity index (χ1n) is 4.74. The molecular weight excluding hydrogens is 213 g/mol. The molecule has 4 nitrogen and oxygen atoms in total. The zero-order valence-corrected chi connectivity index (χ0v) is 9.03. The van der Waals surface area contributed by atoms with Crippen LogP contribution < -0.4 is 0 Å². The number of aryl methyl sites for hydroxylation is 1. The van der Waals surface area contributed by atoms with Crippen molar-refractivity contribution in [2.75, 3.05) is 6.61 Å². The fourth-order valence-corrected chi connectivity index (χ4v) is 1.23. The van der Waals surface area contributed by atoms with E-state index >= 15 is 0 Å². The topological polar surface area (TPSA) is 59.4 Å². The highest BCUT2D eigenvalue weighted by molar-refractivity contribution is 5.92. The molecule has 0 fully saturated rings. The molecule has 0 unspecified atom stereocenters. The van der Waals surface area contributed by atoms with Gasteiger partial charge in [0.05, 0.1) is 19.1 Å². The van der Waals surface area contributed by atoms with E-state index < -0.39 is 11.8 Å². The van der Waals surface area contributed by atoms with Crippen LogP contribution in [0.25, 0.3) is 6.08 Å². The van der Waals surface area contributed by atoms with Gasteiger partial charge < -0.3 is 9.84 Å². The third-order valence-electron chi connectivity index (χ3n) is 1.98. The third-order valence-corrected chi connectivity index (χ3v) is 1.98. The maximum Gasteiger partial charge on any atom is 0.339 e. The Bertz CT molecular complexity index is 429. The molecule has 1 aromatic heterocycles. The number of pyridine rings is 1. The van der Waals surface area contributed by atoms with Crippen LogP contribution in [0.15, 0.2) is 12.5 Å². The first-order chi connectivity index (χ1) is 7.57. The van der Waals surface area contributed by atoms with Crippen LogP contribution in [-0.2, 0) is 4.74 Å². The van der Waals surface area contributed by atoms with Gasteiger partial charge in [0, 0.05) is 11.3 Å². The standard InChI is InChI=1S/C11H12FNO3/c1-3-16-5-4-8-7(2)13-6-9(12)10(8)11(14)15/h4-6H,3H2,1-2H3,(H,14,15). The maximum absolute atomic E-state index is 13.3. The van der Waals surface area contributed by atoms with E-state index in [2.05, 4.69) is 4.98 Å². The Labute approximate surface area is 92.4 Å². The number of carboxylic acids is 1. The number of halogens is 1. The minimum absolute atomic E-state index is 0.223. The number of carboxylic acid groups (broad SMARTS) is 1. The van der Waals surface area contributed by atoms with Gasteiger partial charge >= 0.3 is 5.97 Å². The predicted octanol–water partition coefficient (Wildman–Crippen LogP) is 2.23. The van der Waals surface area contributed by atoms with Gasteiger partial charge in [0.1, 0.15) is 5.56 Å². The summed E-state index contributed by atoms with van der Waals surface area (Å²) in [5, 5.41) is 8.88. The highest BCUT2D eigenvalue weighted by Crippen LogP contribution is 2.17. The molecule has 0 aromatic carbocycles. The molecule has 1 aromatic rings. The first-order valence-corrected chi connectivity index (χ1v) is 4.74. The van der Waals surface area contributed by atoms with Crippen molar-refractivity contribution in [1.29, 1.82) is 0 Å². The second-order valence-corrected chi connectivity index (χ2v) is 3.04. The summed E-state index contributed by atoms with van der Waals surface area (Å²) < 4.78 is 18.2. The highest BCUT2D eigenvalue weighted by atomic mass is 19.1. The molecule has 0 saturated carbocycles. The van der Waals surface area contributed by atoms with Crippen LogP contribution in [0.3, 0.4) is 0 Å². The van der Waals surface area contributed by atoms with Gasteiger partial charge in [-0.2, -0.15) is 0 Å². The second-order valence-electron chi connectivity index (χ2n) is 3.04. The van der Waals surface area contributed by atoms with Gasteiger partial charge in [-0.05, 0) is 19.9 Å². The van der Waals surface area contributed by atoms with Crippen molar-refractivity contribution < 1.29 is 19.0 Å². The van der Waals surface area contributed by atoms with Crippen molar-refractivity contribution in [1.82, 2.24) is 4.98 Å². The Morgan fingerprint density at radius 3 is 2.94 bits per heavy atom. The molecule has 5 heteroatoms. The summed E-state index contributed by atoms with van der Waals surface area (Å²) in [6.07, 6.45) is 3.63. The lowest BCUT2D eigenvalue weighted by Crippen LogP contribution is -2.06. The molecule has 0 aliphatic heterocycles. The van der Waals surface area contributed by atoms with Gasteiger partial charge in [-0.15, -0.1) is 0 Å². The molecule has 1 rings (SSSR count). The molecule has 86 valence electrons. The van der Waals surface area contributed by atoms with Crippen LogP contribution >= 0.6 is 0 Å². The van der Waals surface area contributed by atoms with Crippen molar-refractivity contribution in [3.63, 3.8) is 0 Å². The molecule has 0 bridgehead atoms. The Morgan fingerprint density at radius 2 is 2.38 bits per heavy atom. The van der Waals surface area contributed by atoms with Crippen LogP contribution in [-0.4, -0.2) is 22.7 Å². The predicted molar refractivity (Wildman–Crippen MR) is 56.6 cm³/mol. The summed E-state index contributed by atoms with van der Waals surface area (Å²) in [4.78, 5) is 14.6. The number of aromatic nitrogens is 1. The van der Waals surface area contributed by atoms with Crippen LogP contribution in [0, 0.1) is 12.7 Å². The van der Waals surface area contributed by atoms with E-state index in [4.69, 9.17) is 9.84 Å². The average Bonchev–Trinajstić information content (AvgIpc) is 2.23. The van der Waals surface area contributed by atoms with Gasteiger partial charge in [0.25, 0.3) is 0 Å². The average molecular weight is 225 g/mol. The van der Waals surface area contributed by atoms with E-state index in [0.717, 1.165) is 6.20 Å². The molecule has 0 spiro atoms. The third kappa shape index (κ3) is 2.56. The molecular formula is C11H12FNO3. The Hall–Kier alpha value is -1.91. The smallest absolute Gasteiger partial charge is 0.339 e. The fraction of sp³-hybridized carbons (Fsp3) is 0.273. The maximum atomic E-state index is 13.3. The first kappa shape index (κ1) is 12.2. The number of hydrogen-bond donors (Lipinski definition) is 1. The van der Waals surface area contributed by atoms with Crippen molar-refractivity contribution in [2.24, 2.45) is 0 Å². The molecule has 0 saturated heterocycles. The van der Waals surface area contributed by atoms with Crippen LogP contribution in [0.5, 0.6) is 0 Å². The minimum atomic E-state index is -1.32. The monoisotopic (exact) mass is 225 g/mol. The summed E-state index contributed by atoms with van der Waals surface area (Å²) in [6, 6.07) is 0. The quantitative estimate of drug-likeness (QED) is 0.798. The van der Waals surface area contributed by atoms with Crippen molar-refractivity contribution in [3.05, 3.63) is 35.1 Å². The van der Waals surface area contributed by atoms with E-state index in [-0.39, 0.29) is 11.1 Å². The van der Waals surface area contributed by atoms with Gasteiger partial charge in [0.15, 0.2) is 5.82 Å². The van der Waals surface area contributed by atoms with E-state index in [0.29, 0.717) is 12.3 Å². The summed E-state index contributed by atoms with van der Waals surface area (Å²) in [6.45, 7) is 3.86. The largest absolute Gasteiger partial charge is 0.501 e. The Balaban J connectivity index is 3.23. The van der Waals surface area contributed by atoms with E-state index in [1.54, 1.807) is 13.8 Å². The number of carbonyl (C=O) groups is 1. The number of rotatable bonds is 4. The normalized spacial score (nSPS) is 10.7. The van der Waals surface area contributed by atoms with Crippen molar-refractivity contribution in [3.8, 4) is 0 Å². The molecule has 0 aliphatic carbocycles. The summed E-state index contributed by atoms with van der Waals surface area (Å²) >= 11 is 0. The Kier molecular flexibility index (Phi) is 3.99. The lowest BCUT2D eigenvalue weighted by Gasteiger charge is -2.05. The fourth-order valence-electron chi connectivity index (χ4n) is 1.23. The number of aromatic carboxylic acids is 1. The summed E-state index contributed by atoms with van der Waals surface area (Å²) in [5.74, 6) is -2.17. The molecule has 16 heavy (non-hydrogen) atoms. The molecule has 1 heterocycles. The van der Waals surface area contributed by atoms with Crippen LogP contribution in [0.2, 0.25) is 0 Å². The van der Waals surface area contributed by atoms with Crippen molar-refractivity contribution in [2.45, 2.75) is 13.8 Å². The number of ether oxygens (including phenoxy) is 1. The highest BCUT2D eigenvalue weighted by Gasteiger charge is 2.17. The van der Waals surface area contributed by atoms with E-state index in [1.165, 1.54) is 12.3 Å². The van der Waals surface area contributed by atoms with Gasteiger partial charge in [0.2, 0.25) is 0 Å². The van der Waals surface area contributed by atoms with Crippen LogP contribution in [0.1, 0.15) is 28.5 Å². The van der Waals surface area contributed by atoms with E-state index in [9.17, 15) is 9.18 Å². The van der Waals surface area contributed by atoms with Gasteiger partial charge in [-0.3, -0.25) is 4.98 Å². The molecule has 0 atom stereocenters. The lowest BCUT2D eigenvalue weighted by atomic mass is 10.1. The molecule has 0 aliphatic rings. The summed E-state index contributed by atoms with van der Waals surface area (Å²) in [7, 11) is 0. The van der Waals surface area contributed by atoms with Gasteiger partial charge in [-0.25, -0.2) is 9.18 Å². The molecule has 0 radical (unpaired) electrons. The van der Waals surface area contributed by atoms with Crippen molar-refractivity contribution >= 4 is 12.0 Å².